The van der Waals surface area contributed by atoms with E-state index in [1.807, 2.05) is 7.05 Å². The lowest BCUT2D eigenvalue weighted by Crippen LogP contribution is -2.32. The van der Waals surface area contributed by atoms with Gasteiger partial charge in [-0.15, -0.1) is 0 Å². The molecule has 0 aromatic heterocycles. The Morgan fingerprint density at radius 2 is 2.19 bits per heavy atom. The number of benzene rings is 1. The lowest BCUT2D eigenvalue weighted by Gasteiger charge is -2.24. The van der Waals surface area contributed by atoms with E-state index in [9.17, 15) is 4.39 Å². The van der Waals surface area contributed by atoms with Crippen LogP contribution in [0.2, 0.25) is 0 Å². The Morgan fingerprint density at radius 3 is 2.75 bits per heavy atom. The molecule has 2 N–H and O–H groups in total. The van der Waals surface area contributed by atoms with Crippen LogP contribution in [0.4, 0.5) is 10.1 Å². The summed E-state index contributed by atoms with van der Waals surface area (Å²) in [5.74, 6) is -0.297. The van der Waals surface area contributed by atoms with Crippen molar-refractivity contribution in [3.63, 3.8) is 0 Å². The van der Waals surface area contributed by atoms with Crippen LogP contribution in [0.25, 0.3) is 0 Å². The molecule has 4 heteroatoms. The van der Waals surface area contributed by atoms with Crippen LogP contribution < -0.4 is 5.73 Å². The molecule has 3 nitrogen and oxygen atoms in total. The van der Waals surface area contributed by atoms with Crippen LogP contribution in [0, 0.1) is 5.82 Å². The molecule has 0 heterocycles. The SMILES string of the molecule is COCC(C)N(C)Cc1ccc(F)cc1N. The van der Waals surface area contributed by atoms with Crippen LogP contribution in [0.5, 0.6) is 0 Å². The van der Waals surface area contributed by atoms with Crippen LogP contribution in [-0.4, -0.2) is 31.7 Å². The highest BCUT2D eigenvalue weighted by Gasteiger charge is 2.10. The van der Waals surface area contributed by atoms with Crippen LogP contribution in [-0.2, 0) is 11.3 Å². The van der Waals surface area contributed by atoms with Gasteiger partial charge in [-0.2, -0.15) is 0 Å². The average Bonchev–Trinajstić information content (AvgIpc) is 2.22. The summed E-state index contributed by atoms with van der Waals surface area (Å²) in [6.07, 6.45) is 0. The molecule has 0 fully saturated rings. The maximum Gasteiger partial charge on any atom is 0.125 e. The molecule has 0 saturated heterocycles. The molecular formula is C12H19FN2O. The summed E-state index contributed by atoms with van der Waals surface area (Å²) < 4.78 is 17.9. The number of nitrogen functional groups attached to an aromatic ring is 1. The minimum atomic E-state index is -0.297. The number of ether oxygens (including phenoxy) is 1. The first-order chi connectivity index (χ1) is 7.54. The van der Waals surface area contributed by atoms with Gasteiger partial charge in [-0.25, -0.2) is 4.39 Å². The van der Waals surface area contributed by atoms with Crippen molar-refractivity contribution in [2.45, 2.75) is 19.5 Å². The van der Waals surface area contributed by atoms with Gasteiger partial charge < -0.3 is 10.5 Å². The number of nitrogens with zero attached hydrogens (tertiary/aromatic N) is 1. The van der Waals surface area contributed by atoms with Crippen LogP contribution >= 0.6 is 0 Å². The first-order valence-corrected chi connectivity index (χ1v) is 5.27. The zero-order chi connectivity index (χ0) is 12.1. The fourth-order valence-electron chi connectivity index (χ4n) is 1.50. The number of methoxy groups -OCH3 is 1. The second-order valence-corrected chi connectivity index (χ2v) is 4.06. The van der Waals surface area contributed by atoms with E-state index >= 15 is 0 Å². The monoisotopic (exact) mass is 226 g/mol. The van der Waals surface area contributed by atoms with E-state index in [2.05, 4.69) is 11.8 Å². The van der Waals surface area contributed by atoms with E-state index in [4.69, 9.17) is 10.5 Å². The first kappa shape index (κ1) is 12.9. The third kappa shape index (κ3) is 3.47. The Kier molecular flexibility index (Phi) is 4.71. The topological polar surface area (TPSA) is 38.5 Å². The summed E-state index contributed by atoms with van der Waals surface area (Å²) in [7, 11) is 3.67. The van der Waals surface area contributed by atoms with E-state index in [0.29, 0.717) is 24.9 Å². The molecule has 0 aliphatic rings. The van der Waals surface area contributed by atoms with Gasteiger partial charge in [-0.05, 0) is 31.7 Å². The number of rotatable bonds is 5. The van der Waals surface area contributed by atoms with Crippen molar-refractivity contribution in [2.24, 2.45) is 0 Å². The average molecular weight is 226 g/mol. The molecular weight excluding hydrogens is 207 g/mol. The number of halogens is 1. The van der Waals surface area contributed by atoms with Crippen LogP contribution in [0.15, 0.2) is 18.2 Å². The molecule has 0 aliphatic carbocycles. The van der Waals surface area contributed by atoms with Gasteiger partial charge in [-0.1, -0.05) is 6.07 Å². The lowest BCUT2D eigenvalue weighted by atomic mass is 10.1. The molecule has 1 atom stereocenters. The molecule has 1 rings (SSSR count). The Morgan fingerprint density at radius 1 is 1.50 bits per heavy atom. The van der Waals surface area contributed by atoms with Crippen molar-refractivity contribution >= 4 is 5.69 Å². The van der Waals surface area contributed by atoms with E-state index in [-0.39, 0.29) is 5.82 Å². The van der Waals surface area contributed by atoms with Crippen molar-refractivity contribution in [1.29, 1.82) is 0 Å². The second-order valence-electron chi connectivity index (χ2n) is 4.06. The van der Waals surface area contributed by atoms with Crippen molar-refractivity contribution in [2.75, 3.05) is 26.5 Å². The molecule has 0 radical (unpaired) electrons. The minimum Gasteiger partial charge on any atom is -0.398 e. The lowest BCUT2D eigenvalue weighted by molar-refractivity contribution is 0.112. The van der Waals surface area contributed by atoms with Crippen molar-refractivity contribution in [3.05, 3.63) is 29.6 Å². The molecule has 1 aromatic carbocycles. The van der Waals surface area contributed by atoms with Gasteiger partial charge in [0.05, 0.1) is 6.61 Å². The largest absolute Gasteiger partial charge is 0.398 e. The van der Waals surface area contributed by atoms with Gasteiger partial charge in [0.25, 0.3) is 0 Å². The fraction of sp³-hybridized carbons (Fsp3) is 0.500. The number of hydrogen-bond acceptors (Lipinski definition) is 3. The van der Waals surface area contributed by atoms with E-state index in [1.54, 1.807) is 13.2 Å². The predicted molar refractivity (Wildman–Crippen MR) is 63.6 cm³/mol. The Bertz CT molecular complexity index is 344. The number of likely N-dealkylation sites (N-methyl/N-ethyl adjacent to an activating group) is 1. The molecule has 16 heavy (non-hydrogen) atoms. The Balaban J connectivity index is 2.65. The normalized spacial score (nSPS) is 13.1. The minimum absolute atomic E-state index is 0.297. The highest BCUT2D eigenvalue weighted by atomic mass is 19.1. The summed E-state index contributed by atoms with van der Waals surface area (Å²) in [5.41, 5.74) is 7.18. The molecule has 90 valence electrons. The maximum atomic E-state index is 12.9. The molecule has 1 aromatic rings. The summed E-state index contributed by atoms with van der Waals surface area (Å²) >= 11 is 0. The van der Waals surface area contributed by atoms with Gasteiger partial charge in [0.15, 0.2) is 0 Å². The smallest absolute Gasteiger partial charge is 0.125 e. The molecule has 0 saturated carbocycles. The van der Waals surface area contributed by atoms with E-state index < -0.39 is 0 Å². The Hall–Kier alpha value is -1.13. The Labute approximate surface area is 96.0 Å². The van der Waals surface area contributed by atoms with Crippen molar-refractivity contribution < 1.29 is 9.13 Å². The van der Waals surface area contributed by atoms with Crippen molar-refractivity contribution in [3.8, 4) is 0 Å². The van der Waals surface area contributed by atoms with Crippen LogP contribution in [0.3, 0.4) is 0 Å². The van der Waals surface area contributed by atoms with Gasteiger partial charge in [0.2, 0.25) is 0 Å². The quantitative estimate of drug-likeness (QED) is 0.779. The zero-order valence-electron chi connectivity index (χ0n) is 10.0. The highest BCUT2D eigenvalue weighted by Crippen LogP contribution is 2.16. The predicted octanol–water partition coefficient (Wildman–Crippen LogP) is 1.87. The fourth-order valence-corrected chi connectivity index (χ4v) is 1.50. The summed E-state index contributed by atoms with van der Waals surface area (Å²) in [6, 6.07) is 4.81. The molecule has 0 amide bonds. The van der Waals surface area contributed by atoms with E-state index in [0.717, 1.165) is 5.56 Å². The molecule has 1 unspecified atom stereocenters. The van der Waals surface area contributed by atoms with Crippen LogP contribution in [0.1, 0.15) is 12.5 Å². The highest BCUT2D eigenvalue weighted by molar-refractivity contribution is 5.46. The zero-order valence-corrected chi connectivity index (χ0v) is 10.0. The number of hydrogen-bond donors (Lipinski definition) is 1. The second kappa shape index (κ2) is 5.82. The van der Waals surface area contributed by atoms with Crippen molar-refractivity contribution in [1.82, 2.24) is 4.90 Å². The number of nitrogens with two attached hydrogens (primary N) is 1. The molecule has 0 spiro atoms. The number of anilines is 1. The van der Waals surface area contributed by atoms with Gasteiger partial charge in [0, 0.05) is 25.4 Å². The third-order valence-electron chi connectivity index (χ3n) is 2.69. The summed E-state index contributed by atoms with van der Waals surface area (Å²) in [4.78, 5) is 2.12. The van der Waals surface area contributed by atoms with E-state index in [1.165, 1.54) is 12.1 Å². The van der Waals surface area contributed by atoms with Gasteiger partial charge >= 0.3 is 0 Å². The summed E-state index contributed by atoms with van der Waals surface area (Å²) in [5, 5.41) is 0. The molecule has 0 aliphatic heterocycles. The summed E-state index contributed by atoms with van der Waals surface area (Å²) in [6.45, 7) is 3.43. The first-order valence-electron chi connectivity index (χ1n) is 5.27. The third-order valence-corrected chi connectivity index (χ3v) is 2.69. The molecule has 0 bridgehead atoms. The van der Waals surface area contributed by atoms with Gasteiger partial charge in [0.1, 0.15) is 5.82 Å². The standard InChI is InChI=1S/C12H19FN2O/c1-9(8-16-3)15(2)7-10-4-5-11(13)6-12(10)14/h4-6,9H,7-8,14H2,1-3H3. The van der Waals surface area contributed by atoms with Gasteiger partial charge in [-0.3, -0.25) is 4.90 Å². The maximum absolute atomic E-state index is 12.9.